The molecule has 1 saturated carbocycles. The van der Waals surface area contributed by atoms with E-state index in [0.717, 1.165) is 4.90 Å². The topological polar surface area (TPSA) is 125 Å². The molecule has 4 aliphatic rings. The van der Waals surface area contributed by atoms with Crippen molar-refractivity contribution in [2.24, 2.45) is 17.8 Å². The highest BCUT2D eigenvalue weighted by molar-refractivity contribution is 6.58. The molecule has 8 rings (SSSR count). The molecular formula is C38H23Cl2F5N2O7. The Morgan fingerprint density at radius 3 is 1.98 bits per heavy atom. The van der Waals surface area contributed by atoms with Crippen molar-refractivity contribution in [1.29, 1.82) is 0 Å². The Morgan fingerprint density at radius 1 is 0.759 bits per heavy atom. The molecule has 16 heteroatoms. The minimum absolute atomic E-state index is 0.0391. The number of hydrogen-bond acceptors (Lipinski definition) is 7. The van der Waals surface area contributed by atoms with Crippen molar-refractivity contribution in [3.63, 3.8) is 0 Å². The first-order valence-electron chi connectivity index (χ1n) is 16.4. The van der Waals surface area contributed by atoms with Gasteiger partial charge in [0.25, 0.3) is 11.8 Å². The number of fused-ring (bicyclic) bond motifs is 4. The van der Waals surface area contributed by atoms with E-state index in [2.05, 4.69) is 0 Å². The largest absolute Gasteiger partial charge is 0.463 e. The molecule has 6 atom stereocenters. The number of rotatable bonds is 6. The molecule has 276 valence electrons. The number of imide groups is 2. The molecule has 4 amide bonds. The number of alkyl halides is 2. The molecule has 0 radical (unpaired) electrons. The maximum absolute atomic E-state index is 15.2. The first kappa shape index (κ1) is 35.8. The smallest absolute Gasteiger partial charge is 0.258 e. The lowest BCUT2D eigenvalue weighted by molar-refractivity contribution is -0.125. The molecular weight excluding hydrogens is 762 g/mol. The van der Waals surface area contributed by atoms with Gasteiger partial charge < -0.3 is 9.52 Å². The Kier molecular flexibility index (Phi) is 8.25. The predicted octanol–water partition coefficient (Wildman–Crippen LogP) is 6.47. The SMILES string of the molecule is O=C(c1ccccc1)c1ccc(N2C(=O)[C@H]3[C@H](CC=C4[C@H]3C[C@@]3(Cl)C(=O)N(c5c(F)c(F)c(F)c(F)c5F)C(=O)[C@@]3(Cl)[C@H]4c3ccc(CO)o3)C2=O)cc1. The fourth-order valence-corrected chi connectivity index (χ4v) is 9.20. The lowest BCUT2D eigenvalue weighted by Crippen LogP contribution is -2.60. The summed E-state index contributed by atoms with van der Waals surface area (Å²) in [5.41, 5.74) is -0.872. The lowest BCUT2D eigenvalue weighted by Gasteiger charge is -2.49. The summed E-state index contributed by atoms with van der Waals surface area (Å²) in [4.78, 5) is 65.0. The highest BCUT2D eigenvalue weighted by Gasteiger charge is 2.77. The number of carbonyl (C=O) groups excluding carboxylic acids is 5. The average molecular weight is 786 g/mol. The van der Waals surface area contributed by atoms with Crippen LogP contribution in [-0.4, -0.2) is 44.3 Å². The number of aliphatic hydroxyl groups excluding tert-OH is 1. The third kappa shape index (κ3) is 4.69. The second kappa shape index (κ2) is 12.4. The maximum atomic E-state index is 15.2. The molecule has 2 saturated heterocycles. The number of furan rings is 1. The van der Waals surface area contributed by atoms with Crippen molar-refractivity contribution < 1.29 is 55.4 Å². The van der Waals surface area contributed by atoms with Crippen LogP contribution < -0.4 is 9.80 Å². The quantitative estimate of drug-likeness (QED) is 0.0453. The molecule has 1 N–H and O–H groups in total. The van der Waals surface area contributed by atoms with Gasteiger partial charge in [-0.3, -0.25) is 28.9 Å². The van der Waals surface area contributed by atoms with Gasteiger partial charge in [0.2, 0.25) is 17.6 Å². The van der Waals surface area contributed by atoms with Crippen molar-refractivity contribution in [1.82, 2.24) is 0 Å². The number of allylic oxidation sites excluding steroid dienone is 2. The van der Waals surface area contributed by atoms with Gasteiger partial charge >= 0.3 is 0 Å². The number of amides is 4. The normalized spacial score (nSPS) is 27.6. The summed E-state index contributed by atoms with van der Waals surface area (Å²) in [5.74, 6) is -22.6. The Bertz CT molecular complexity index is 2340. The summed E-state index contributed by atoms with van der Waals surface area (Å²) >= 11 is 14.1. The van der Waals surface area contributed by atoms with Gasteiger partial charge in [0.05, 0.1) is 23.4 Å². The van der Waals surface area contributed by atoms with Crippen LogP contribution in [0.15, 0.2) is 82.8 Å². The molecule has 0 spiro atoms. The van der Waals surface area contributed by atoms with Crippen LogP contribution in [0.2, 0.25) is 0 Å². The second-order valence-electron chi connectivity index (χ2n) is 13.4. The van der Waals surface area contributed by atoms with Gasteiger partial charge in [0.1, 0.15) is 23.8 Å². The van der Waals surface area contributed by atoms with Crippen LogP contribution in [0.3, 0.4) is 0 Å². The summed E-state index contributed by atoms with van der Waals surface area (Å²) in [5, 5.41) is 9.75. The average Bonchev–Trinajstić information content (AvgIpc) is 3.80. The van der Waals surface area contributed by atoms with Crippen LogP contribution in [0, 0.1) is 46.8 Å². The number of carbonyl (C=O) groups is 5. The Labute approximate surface area is 311 Å². The molecule has 3 aromatic carbocycles. The van der Waals surface area contributed by atoms with Crippen LogP contribution in [0.1, 0.15) is 46.2 Å². The maximum Gasteiger partial charge on any atom is 0.258 e. The number of aliphatic hydroxyl groups is 1. The zero-order valence-corrected chi connectivity index (χ0v) is 28.8. The number of anilines is 2. The number of halogens is 7. The molecule has 2 aliphatic carbocycles. The third-order valence-electron chi connectivity index (χ3n) is 10.8. The number of ketones is 1. The van der Waals surface area contributed by atoms with Crippen LogP contribution in [0.25, 0.3) is 0 Å². The van der Waals surface area contributed by atoms with E-state index in [4.69, 9.17) is 27.6 Å². The number of nitrogens with zero attached hydrogens (tertiary/aromatic N) is 2. The van der Waals surface area contributed by atoms with E-state index in [-0.39, 0.29) is 45.4 Å². The summed E-state index contributed by atoms with van der Waals surface area (Å²) in [6.07, 6.45) is 0.744. The summed E-state index contributed by atoms with van der Waals surface area (Å²) in [6, 6.07) is 16.8. The summed E-state index contributed by atoms with van der Waals surface area (Å²) < 4.78 is 79.0. The highest BCUT2D eigenvalue weighted by atomic mass is 35.5. The molecule has 4 aromatic rings. The Hall–Kier alpha value is -5.18. The monoisotopic (exact) mass is 784 g/mol. The first-order chi connectivity index (χ1) is 25.7. The zero-order valence-electron chi connectivity index (χ0n) is 27.3. The van der Waals surface area contributed by atoms with E-state index in [1.165, 1.54) is 42.5 Å². The van der Waals surface area contributed by atoms with E-state index in [1.54, 1.807) is 30.3 Å². The molecule has 54 heavy (non-hydrogen) atoms. The third-order valence-corrected chi connectivity index (χ3v) is 12.2. The Morgan fingerprint density at radius 2 is 1.37 bits per heavy atom. The summed E-state index contributed by atoms with van der Waals surface area (Å²) in [6.45, 7) is -0.636. The predicted molar refractivity (Wildman–Crippen MR) is 180 cm³/mol. The fraction of sp³-hybridized carbons (Fsp3) is 0.237. The van der Waals surface area contributed by atoms with E-state index in [0.29, 0.717) is 5.56 Å². The van der Waals surface area contributed by atoms with Gasteiger partial charge in [0, 0.05) is 11.1 Å². The summed E-state index contributed by atoms with van der Waals surface area (Å²) in [7, 11) is 0. The van der Waals surface area contributed by atoms with E-state index >= 15 is 8.78 Å². The van der Waals surface area contributed by atoms with Gasteiger partial charge in [-0.05, 0) is 55.2 Å². The van der Waals surface area contributed by atoms with E-state index < -0.39 is 105 Å². The molecule has 9 nitrogen and oxygen atoms in total. The molecule has 2 aliphatic heterocycles. The van der Waals surface area contributed by atoms with Gasteiger partial charge in [-0.2, -0.15) is 0 Å². The molecule has 1 aromatic heterocycles. The van der Waals surface area contributed by atoms with Crippen LogP contribution in [-0.2, 0) is 25.8 Å². The molecule has 0 bridgehead atoms. The molecule has 3 heterocycles. The second-order valence-corrected chi connectivity index (χ2v) is 14.7. The van der Waals surface area contributed by atoms with Crippen molar-refractivity contribution in [2.75, 3.05) is 9.80 Å². The number of hydrogen-bond donors (Lipinski definition) is 1. The van der Waals surface area contributed by atoms with Gasteiger partial charge in [-0.25, -0.2) is 26.9 Å². The van der Waals surface area contributed by atoms with Crippen LogP contribution >= 0.6 is 23.2 Å². The van der Waals surface area contributed by atoms with Gasteiger partial charge in [-0.1, -0.05) is 42.0 Å². The first-order valence-corrected chi connectivity index (χ1v) is 17.2. The van der Waals surface area contributed by atoms with Gasteiger partial charge in [-0.15, -0.1) is 23.2 Å². The van der Waals surface area contributed by atoms with Crippen molar-refractivity contribution in [2.45, 2.75) is 35.1 Å². The minimum Gasteiger partial charge on any atom is -0.463 e. The van der Waals surface area contributed by atoms with E-state index in [9.17, 15) is 42.3 Å². The van der Waals surface area contributed by atoms with Crippen LogP contribution in [0.5, 0.6) is 0 Å². The standard InChI is InChI=1S/C38H23Cl2F5N2O7/c39-37-14-22-20(11-12-21-24(22)34(51)46(33(21)50)18-8-6-17(7-9-18)32(49)16-4-2-1-3-5-16)25(23-13-10-19(15-48)54-23)38(37,40)36(53)47(35(37)52)31-29(44)27(42)26(41)28(43)30(31)45/h1-11,13,21-22,24-25,48H,12,14-15H2/t21-,22+,24-,25+,37+,38-/m0/s1. The Balaban J connectivity index is 1.22. The molecule has 0 unspecified atom stereocenters. The number of benzene rings is 3. The zero-order chi connectivity index (χ0) is 38.6. The fourth-order valence-electron chi connectivity index (χ4n) is 8.29. The van der Waals surface area contributed by atoms with E-state index in [1.807, 2.05) is 0 Å². The molecule has 3 fully saturated rings. The van der Waals surface area contributed by atoms with Crippen molar-refractivity contribution >= 4 is 64.0 Å². The minimum atomic E-state index is -2.75. The van der Waals surface area contributed by atoms with Crippen molar-refractivity contribution in [3.05, 3.63) is 130 Å². The lowest BCUT2D eigenvalue weighted by atomic mass is 9.57. The van der Waals surface area contributed by atoms with Crippen LogP contribution in [0.4, 0.5) is 33.3 Å². The van der Waals surface area contributed by atoms with Crippen molar-refractivity contribution in [3.8, 4) is 0 Å². The van der Waals surface area contributed by atoms with Gasteiger partial charge in [0.15, 0.2) is 38.8 Å². The highest BCUT2D eigenvalue weighted by Crippen LogP contribution is 2.66.